The Bertz CT molecular complexity index is 832. The zero-order valence-corrected chi connectivity index (χ0v) is 22.3. The second-order valence-electron chi connectivity index (χ2n) is 12.7. The fourth-order valence-corrected chi connectivity index (χ4v) is 8.75. The van der Waals surface area contributed by atoms with Crippen LogP contribution in [-0.4, -0.2) is 5.97 Å². The first-order chi connectivity index (χ1) is 15.6. The third kappa shape index (κ3) is 4.41. The van der Waals surface area contributed by atoms with Gasteiger partial charge in [0.15, 0.2) is 0 Å². The van der Waals surface area contributed by atoms with Crippen LogP contribution >= 0.6 is 0 Å². The van der Waals surface area contributed by atoms with Gasteiger partial charge in [0.1, 0.15) is 5.76 Å². The number of rotatable bonds is 6. The highest BCUT2D eigenvalue weighted by Crippen LogP contribution is 2.67. The molecule has 8 atom stereocenters. The SMILES string of the molecule is CC[C@@H](/C=C/[C@@H](C)[C@H]1CC[C@H]2[C@@H]3CC=C4C=C(OC(C)=O)CC[C@]4(C)[C@H]3CC[C@]12C)C(C)C. The van der Waals surface area contributed by atoms with E-state index in [0.717, 1.165) is 48.2 Å². The van der Waals surface area contributed by atoms with Crippen molar-refractivity contribution < 1.29 is 9.53 Å². The van der Waals surface area contributed by atoms with Gasteiger partial charge in [-0.05, 0) is 109 Å². The molecule has 0 saturated heterocycles. The van der Waals surface area contributed by atoms with Crippen LogP contribution in [0.4, 0.5) is 0 Å². The van der Waals surface area contributed by atoms with Crippen LogP contribution in [0.3, 0.4) is 0 Å². The number of hydrogen-bond donors (Lipinski definition) is 0. The van der Waals surface area contributed by atoms with Crippen LogP contribution in [0.2, 0.25) is 0 Å². The summed E-state index contributed by atoms with van der Waals surface area (Å²) in [5, 5.41) is 0. The minimum absolute atomic E-state index is 0.189. The lowest BCUT2D eigenvalue weighted by atomic mass is 9.47. The molecule has 33 heavy (non-hydrogen) atoms. The lowest BCUT2D eigenvalue weighted by molar-refractivity contribution is -0.137. The molecule has 0 aromatic heterocycles. The molecule has 0 bridgehead atoms. The first-order valence-corrected chi connectivity index (χ1v) is 13.9. The van der Waals surface area contributed by atoms with Crippen LogP contribution in [0.25, 0.3) is 0 Å². The summed E-state index contributed by atoms with van der Waals surface area (Å²) in [4.78, 5) is 11.5. The van der Waals surface area contributed by atoms with Gasteiger partial charge < -0.3 is 4.74 Å². The van der Waals surface area contributed by atoms with E-state index < -0.39 is 0 Å². The number of esters is 1. The Morgan fingerprint density at radius 1 is 1.12 bits per heavy atom. The van der Waals surface area contributed by atoms with Gasteiger partial charge in [-0.15, -0.1) is 0 Å². The summed E-state index contributed by atoms with van der Waals surface area (Å²) in [5.74, 6) is 6.09. The van der Waals surface area contributed by atoms with Gasteiger partial charge in [0.2, 0.25) is 0 Å². The lowest BCUT2D eigenvalue weighted by Gasteiger charge is -2.57. The van der Waals surface area contributed by atoms with E-state index in [1.165, 1.54) is 51.0 Å². The van der Waals surface area contributed by atoms with Crippen molar-refractivity contribution in [1.29, 1.82) is 0 Å². The third-order valence-corrected chi connectivity index (χ3v) is 10.7. The number of fused-ring (bicyclic) bond motifs is 5. The van der Waals surface area contributed by atoms with Crippen LogP contribution in [-0.2, 0) is 9.53 Å². The van der Waals surface area contributed by atoms with Gasteiger partial charge >= 0.3 is 5.97 Å². The van der Waals surface area contributed by atoms with Crippen molar-refractivity contribution >= 4 is 5.97 Å². The van der Waals surface area contributed by atoms with Gasteiger partial charge in [0.05, 0.1) is 0 Å². The number of allylic oxidation sites excluding steroid dienone is 6. The molecule has 4 rings (SSSR count). The first-order valence-electron chi connectivity index (χ1n) is 13.9. The molecule has 0 unspecified atom stereocenters. The van der Waals surface area contributed by atoms with Crippen molar-refractivity contribution in [2.24, 2.45) is 52.3 Å². The quantitative estimate of drug-likeness (QED) is 0.298. The van der Waals surface area contributed by atoms with Crippen molar-refractivity contribution in [2.75, 3.05) is 0 Å². The van der Waals surface area contributed by atoms with Gasteiger partial charge in [-0.3, -0.25) is 4.79 Å². The second-order valence-corrected chi connectivity index (χ2v) is 12.7. The predicted octanol–water partition coefficient (Wildman–Crippen LogP) is 8.50. The Kier molecular flexibility index (Phi) is 7.05. The van der Waals surface area contributed by atoms with Crippen molar-refractivity contribution in [3.8, 4) is 0 Å². The predicted molar refractivity (Wildman–Crippen MR) is 137 cm³/mol. The number of ether oxygens (including phenoxy) is 1. The molecule has 0 aromatic carbocycles. The fraction of sp³-hybridized carbons (Fsp3) is 0.774. The fourth-order valence-electron chi connectivity index (χ4n) is 8.75. The second kappa shape index (κ2) is 9.38. The number of hydrogen-bond acceptors (Lipinski definition) is 2. The molecule has 2 saturated carbocycles. The maximum absolute atomic E-state index is 11.5. The zero-order chi connectivity index (χ0) is 24.0. The van der Waals surface area contributed by atoms with E-state index in [0.29, 0.717) is 17.3 Å². The lowest BCUT2D eigenvalue weighted by Crippen LogP contribution is -2.49. The van der Waals surface area contributed by atoms with Crippen LogP contribution < -0.4 is 0 Å². The number of carbonyl (C=O) groups is 1. The van der Waals surface area contributed by atoms with Crippen LogP contribution in [0.15, 0.2) is 35.6 Å². The maximum Gasteiger partial charge on any atom is 0.307 e. The van der Waals surface area contributed by atoms with E-state index in [2.05, 4.69) is 65.8 Å². The van der Waals surface area contributed by atoms with Crippen molar-refractivity contribution in [3.05, 3.63) is 35.6 Å². The van der Waals surface area contributed by atoms with E-state index in [1.807, 2.05) is 0 Å². The molecule has 184 valence electrons. The molecule has 2 heteroatoms. The van der Waals surface area contributed by atoms with Gasteiger partial charge in [0, 0.05) is 13.3 Å². The van der Waals surface area contributed by atoms with E-state index in [-0.39, 0.29) is 11.4 Å². The van der Waals surface area contributed by atoms with Crippen LogP contribution in [0, 0.1) is 52.3 Å². The minimum atomic E-state index is -0.189. The molecular formula is C31H48O2. The molecular weight excluding hydrogens is 404 g/mol. The Labute approximate surface area is 203 Å². The van der Waals surface area contributed by atoms with E-state index >= 15 is 0 Å². The van der Waals surface area contributed by atoms with Gasteiger partial charge in [-0.2, -0.15) is 0 Å². The van der Waals surface area contributed by atoms with Gasteiger partial charge in [-0.25, -0.2) is 0 Å². The standard InChI is InChI=1S/C31H48O2/c1-8-23(20(2)3)10-9-21(4)27-13-14-28-26-12-11-24-19-25(33-22(5)32)15-17-30(24,6)29(26)16-18-31(27,28)7/h9-11,19-21,23,26-29H,8,12-18H2,1-7H3/b10-9+/t21-,23+,26+,27-,28+,29+,30+,31-/m1/s1. The molecule has 0 aliphatic heterocycles. The molecule has 0 N–H and O–H groups in total. The molecule has 2 fully saturated rings. The highest BCUT2D eigenvalue weighted by molar-refractivity contribution is 5.67. The summed E-state index contributed by atoms with van der Waals surface area (Å²) in [7, 11) is 0. The Hall–Kier alpha value is -1.31. The monoisotopic (exact) mass is 452 g/mol. The highest BCUT2D eigenvalue weighted by atomic mass is 16.5. The van der Waals surface area contributed by atoms with Gasteiger partial charge in [-0.1, -0.05) is 59.8 Å². The molecule has 0 amide bonds. The summed E-state index contributed by atoms with van der Waals surface area (Å²) in [5.41, 5.74) is 2.18. The molecule has 4 aliphatic carbocycles. The Balaban J connectivity index is 1.52. The van der Waals surface area contributed by atoms with E-state index in [1.54, 1.807) is 0 Å². The van der Waals surface area contributed by atoms with E-state index in [4.69, 9.17) is 4.74 Å². The van der Waals surface area contributed by atoms with Crippen molar-refractivity contribution in [3.63, 3.8) is 0 Å². The minimum Gasteiger partial charge on any atom is -0.431 e. The largest absolute Gasteiger partial charge is 0.431 e. The molecule has 0 heterocycles. The summed E-state index contributed by atoms with van der Waals surface area (Å²) in [6, 6.07) is 0. The average molecular weight is 453 g/mol. The van der Waals surface area contributed by atoms with Crippen LogP contribution in [0.5, 0.6) is 0 Å². The van der Waals surface area contributed by atoms with Crippen molar-refractivity contribution in [1.82, 2.24) is 0 Å². The smallest absolute Gasteiger partial charge is 0.307 e. The molecule has 2 nitrogen and oxygen atoms in total. The third-order valence-electron chi connectivity index (χ3n) is 10.7. The molecule has 0 radical (unpaired) electrons. The summed E-state index contributed by atoms with van der Waals surface area (Å²) >= 11 is 0. The summed E-state index contributed by atoms with van der Waals surface area (Å²) in [6.45, 7) is 16.2. The summed E-state index contributed by atoms with van der Waals surface area (Å²) < 4.78 is 5.48. The molecule has 0 aromatic rings. The maximum atomic E-state index is 11.5. The topological polar surface area (TPSA) is 26.3 Å². The average Bonchev–Trinajstić information content (AvgIpc) is 3.11. The van der Waals surface area contributed by atoms with Gasteiger partial charge in [0.25, 0.3) is 0 Å². The highest BCUT2D eigenvalue weighted by Gasteiger charge is 2.58. The molecule has 4 aliphatic rings. The molecule has 0 spiro atoms. The van der Waals surface area contributed by atoms with E-state index in [9.17, 15) is 4.79 Å². The Morgan fingerprint density at radius 2 is 1.88 bits per heavy atom. The Morgan fingerprint density at radius 3 is 2.55 bits per heavy atom. The van der Waals surface area contributed by atoms with Crippen LogP contribution in [0.1, 0.15) is 99.8 Å². The summed E-state index contributed by atoms with van der Waals surface area (Å²) in [6.07, 6.45) is 19.9. The number of carbonyl (C=O) groups excluding carboxylic acids is 1. The first kappa shape index (κ1) is 24.8. The normalized spacial score (nSPS) is 39.9. The van der Waals surface area contributed by atoms with Crippen molar-refractivity contribution in [2.45, 2.75) is 99.8 Å². The zero-order valence-electron chi connectivity index (χ0n) is 22.3.